The summed E-state index contributed by atoms with van der Waals surface area (Å²) in [5.41, 5.74) is 1.86. The van der Waals surface area contributed by atoms with E-state index in [9.17, 15) is 4.79 Å². The number of ether oxygens (including phenoxy) is 1. The average molecular weight is 378 g/mol. The molecule has 2 aromatic heterocycles. The van der Waals surface area contributed by atoms with E-state index in [2.05, 4.69) is 15.1 Å². The summed E-state index contributed by atoms with van der Waals surface area (Å²) in [7, 11) is 0. The van der Waals surface area contributed by atoms with E-state index in [0.29, 0.717) is 31.2 Å². The van der Waals surface area contributed by atoms with Crippen molar-refractivity contribution in [2.45, 2.75) is 38.8 Å². The van der Waals surface area contributed by atoms with Crippen LogP contribution in [0.5, 0.6) is 5.75 Å². The SMILES string of the molecule is CC(C)Oc1ccc(CN2CC(c3nc(-c4cccnc4)no3)CC2=O)cc1. The van der Waals surface area contributed by atoms with Crippen molar-refractivity contribution in [2.75, 3.05) is 6.54 Å². The van der Waals surface area contributed by atoms with Crippen molar-refractivity contribution >= 4 is 5.91 Å². The van der Waals surface area contributed by atoms with Crippen molar-refractivity contribution in [3.8, 4) is 17.1 Å². The van der Waals surface area contributed by atoms with E-state index >= 15 is 0 Å². The van der Waals surface area contributed by atoms with Crippen molar-refractivity contribution in [3.63, 3.8) is 0 Å². The number of carbonyl (C=O) groups is 1. The van der Waals surface area contributed by atoms with Crippen molar-refractivity contribution < 1.29 is 14.1 Å². The van der Waals surface area contributed by atoms with Crippen LogP contribution in [0.2, 0.25) is 0 Å². The standard InChI is InChI=1S/C21H22N4O3/c1-14(2)27-18-7-5-15(6-8-18)12-25-13-17(10-19(25)26)21-23-20(24-28-21)16-4-3-9-22-11-16/h3-9,11,14,17H,10,12-13H2,1-2H3. The molecule has 7 heteroatoms. The van der Waals surface area contributed by atoms with Gasteiger partial charge in [0.1, 0.15) is 5.75 Å². The van der Waals surface area contributed by atoms with E-state index in [1.54, 1.807) is 12.4 Å². The summed E-state index contributed by atoms with van der Waals surface area (Å²) >= 11 is 0. The van der Waals surface area contributed by atoms with Crippen LogP contribution in [0.15, 0.2) is 53.3 Å². The van der Waals surface area contributed by atoms with Crippen LogP contribution in [0.4, 0.5) is 0 Å². The summed E-state index contributed by atoms with van der Waals surface area (Å²) in [5, 5.41) is 4.03. The van der Waals surface area contributed by atoms with Crippen LogP contribution in [0, 0.1) is 0 Å². The minimum absolute atomic E-state index is 0.0889. The predicted molar refractivity (Wildman–Crippen MR) is 103 cm³/mol. The summed E-state index contributed by atoms with van der Waals surface area (Å²) in [6, 6.07) is 11.6. The molecule has 1 atom stereocenters. The highest BCUT2D eigenvalue weighted by molar-refractivity contribution is 5.79. The van der Waals surface area contributed by atoms with E-state index in [1.165, 1.54) is 0 Å². The predicted octanol–water partition coefficient (Wildman–Crippen LogP) is 3.43. The summed E-state index contributed by atoms with van der Waals surface area (Å²) < 4.78 is 11.1. The minimum Gasteiger partial charge on any atom is -0.491 e. The largest absolute Gasteiger partial charge is 0.491 e. The quantitative estimate of drug-likeness (QED) is 0.654. The van der Waals surface area contributed by atoms with Crippen LogP contribution in [0.3, 0.4) is 0 Å². The van der Waals surface area contributed by atoms with Crippen LogP contribution in [0.1, 0.15) is 37.6 Å². The Bertz CT molecular complexity index is 938. The molecule has 1 fully saturated rings. The number of carbonyl (C=O) groups excluding carboxylic acids is 1. The summed E-state index contributed by atoms with van der Waals surface area (Å²) in [4.78, 5) is 22.8. The van der Waals surface area contributed by atoms with Gasteiger partial charge in [0.05, 0.1) is 12.0 Å². The molecule has 4 rings (SSSR count). The minimum atomic E-state index is -0.0889. The Morgan fingerprint density at radius 1 is 1.25 bits per heavy atom. The first-order valence-corrected chi connectivity index (χ1v) is 9.36. The Morgan fingerprint density at radius 3 is 2.79 bits per heavy atom. The number of hydrogen-bond acceptors (Lipinski definition) is 6. The number of aromatic nitrogens is 3. The number of amides is 1. The number of hydrogen-bond donors (Lipinski definition) is 0. The van der Waals surface area contributed by atoms with Crippen LogP contribution >= 0.6 is 0 Å². The first-order valence-electron chi connectivity index (χ1n) is 9.36. The van der Waals surface area contributed by atoms with Gasteiger partial charge in [-0.15, -0.1) is 0 Å². The van der Waals surface area contributed by atoms with Gasteiger partial charge in [0, 0.05) is 37.5 Å². The third-order valence-corrected chi connectivity index (χ3v) is 4.59. The molecule has 3 aromatic rings. The molecule has 7 nitrogen and oxygen atoms in total. The Morgan fingerprint density at radius 2 is 2.07 bits per heavy atom. The molecule has 144 valence electrons. The van der Waals surface area contributed by atoms with Crippen molar-refractivity contribution in [3.05, 3.63) is 60.2 Å². The van der Waals surface area contributed by atoms with Gasteiger partial charge in [-0.25, -0.2) is 0 Å². The van der Waals surface area contributed by atoms with Crippen LogP contribution < -0.4 is 4.74 Å². The zero-order valence-electron chi connectivity index (χ0n) is 15.9. The molecular weight excluding hydrogens is 356 g/mol. The van der Waals surface area contributed by atoms with Crippen LogP contribution in [-0.4, -0.2) is 38.6 Å². The second-order valence-electron chi connectivity index (χ2n) is 7.18. The average Bonchev–Trinajstić information content (AvgIpc) is 3.31. The first-order chi connectivity index (χ1) is 13.6. The molecular formula is C21H22N4O3. The third-order valence-electron chi connectivity index (χ3n) is 4.59. The van der Waals surface area contributed by atoms with Crippen molar-refractivity contribution in [1.29, 1.82) is 0 Å². The lowest BCUT2D eigenvalue weighted by Gasteiger charge is -2.16. The molecule has 0 bridgehead atoms. The lowest BCUT2D eigenvalue weighted by Crippen LogP contribution is -2.24. The van der Waals surface area contributed by atoms with Gasteiger partial charge in [-0.05, 0) is 43.7 Å². The molecule has 1 aromatic carbocycles. The lowest BCUT2D eigenvalue weighted by atomic mass is 10.1. The zero-order chi connectivity index (χ0) is 19.5. The molecule has 0 spiro atoms. The first kappa shape index (κ1) is 18.2. The van der Waals surface area contributed by atoms with Gasteiger partial charge in [-0.2, -0.15) is 4.98 Å². The van der Waals surface area contributed by atoms with E-state index < -0.39 is 0 Å². The number of benzene rings is 1. The number of nitrogens with zero attached hydrogens (tertiary/aromatic N) is 4. The Labute approximate surface area is 163 Å². The lowest BCUT2D eigenvalue weighted by molar-refractivity contribution is -0.128. The smallest absolute Gasteiger partial charge is 0.232 e. The topological polar surface area (TPSA) is 81.3 Å². The molecule has 1 amide bonds. The monoisotopic (exact) mass is 378 g/mol. The fourth-order valence-electron chi connectivity index (χ4n) is 3.27. The van der Waals surface area contributed by atoms with E-state index in [-0.39, 0.29) is 17.9 Å². The number of pyridine rings is 1. The molecule has 3 heterocycles. The third kappa shape index (κ3) is 4.03. The maximum Gasteiger partial charge on any atom is 0.232 e. The van der Waals surface area contributed by atoms with Crippen LogP contribution in [0.25, 0.3) is 11.4 Å². The highest BCUT2D eigenvalue weighted by Gasteiger charge is 2.34. The van der Waals surface area contributed by atoms with E-state index in [4.69, 9.17) is 9.26 Å². The maximum atomic E-state index is 12.5. The number of likely N-dealkylation sites (tertiary alicyclic amines) is 1. The van der Waals surface area contributed by atoms with Gasteiger partial charge in [0.25, 0.3) is 0 Å². The van der Waals surface area contributed by atoms with E-state index in [0.717, 1.165) is 16.9 Å². The van der Waals surface area contributed by atoms with Crippen molar-refractivity contribution in [2.24, 2.45) is 0 Å². The molecule has 0 N–H and O–H groups in total. The Balaban J connectivity index is 1.41. The fourth-order valence-corrected chi connectivity index (χ4v) is 3.27. The molecule has 0 saturated carbocycles. The van der Waals surface area contributed by atoms with Crippen LogP contribution in [-0.2, 0) is 11.3 Å². The summed E-state index contributed by atoms with van der Waals surface area (Å²) in [6.07, 6.45) is 3.90. The Hall–Kier alpha value is -3.22. The second-order valence-corrected chi connectivity index (χ2v) is 7.18. The van der Waals surface area contributed by atoms with Gasteiger partial charge in [-0.3, -0.25) is 9.78 Å². The normalized spacial score (nSPS) is 16.8. The highest BCUT2D eigenvalue weighted by atomic mass is 16.5. The van der Waals surface area contributed by atoms with E-state index in [1.807, 2.05) is 55.1 Å². The van der Waals surface area contributed by atoms with Gasteiger partial charge < -0.3 is 14.2 Å². The van der Waals surface area contributed by atoms with Gasteiger partial charge >= 0.3 is 0 Å². The molecule has 0 aliphatic carbocycles. The zero-order valence-corrected chi connectivity index (χ0v) is 15.9. The summed E-state index contributed by atoms with van der Waals surface area (Å²) in [6.45, 7) is 5.11. The molecule has 1 aliphatic rings. The highest BCUT2D eigenvalue weighted by Crippen LogP contribution is 2.29. The van der Waals surface area contributed by atoms with Crippen molar-refractivity contribution in [1.82, 2.24) is 20.0 Å². The molecule has 1 aliphatic heterocycles. The fraction of sp³-hybridized carbons (Fsp3) is 0.333. The Kier molecular flexibility index (Phi) is 5.06. The molecule has 0 radical (unpaired) electrons. The molecule has 1 unspecified atom stereocenters. The van der Waals surface area contributed by atoms with Gasteiger partial charge in [0.2, 0.25) is 17.6 Å². The number of rotatable bonds is 6. The maximum absolute atomic E-state index is 12.5. The van der Waals surface area contributed by atoms with Gasteiger partial charge in [-0.1, -0.05) is 17.3 Å². The molecule has 28 heavy (non-hydrogen) atoms. The summed E-state index contributed by atoms with van der Waals surface area (Å²) in [5.74, 6) is 1.82. The van der Waals surface area contributed by atoms with Gasteiger partial charge in [0.15, 0.2) is 0 Å². The second kappa shape index (κ2) is 7.80. The molecule has 1 saturated heterocycles.